The molecule has 4 atom stereocenters. The van der Waals surface area contributed by atoms with Crippen LogP contribution in [0.5, 0.6) is 0 Å². The van der Waals surface area contributed by atoms with Crippen LogP contribution < -0.4 is 20.9 Å². The lowest BCUT2D eigenvalue weighted by atomic mass is 9.79. The summed E-state index contributed by atoms with van der Waals surface area (Å²) in [5, 5.41) is 17.9. The number of rotatable bonds is 11. The molecule has 15 heteroatoms. The van der Waals surface area contributed by atoms with Gasteiger partial charge in [-0.05, 0) is 133 Å². The Morgan fingerprint density at radius 2 is 1.63 bits per heavy atom. The highest BCUT2D eigenvalue weighted by Crippen LogP contribution is 2.42. The molecule has 0 unspecified atom stereocenters. The first kappa shape index (κ1) is 42.1. The van der Waals surface area contributed by atoms with E-state index in [1.807, 2.05) is 23.1 Å². The number of nitrogens with one attached hydrogen (secondary N) is 3. The second kappa shape index (κ2) is 17.1. The fourth-order valence-electron chi connectivity index (χ4n) is 9.44. The number of benzene rings is 2. The lowest BCUT2D eigenvalue weighted by Crippen LogP contribution is -2.51. The van der Waals surface area contributed by atoms with Crippen molar-refractivity contribution >= 4 is 58.0 Å². The number of nitriles is 1. The summed E-state index contributed by atoms with van der Waals surface area (Å²) in [6.45, 7) is 8.20. The van der Waals surface area contributed by atoms with Crippen LogP contribution in [0, 0.1) is 23.2 Å². The molecule has 11 nitrogen and oxygen atoms in total. The number of imide groups is 1. The van der Waals surface area contributed by atoms with Crippen molar-refractivity contribution in [1.82, 2.24) is 15.1 Å². The van der Waals surface area contributed by atoms with Gasteiger partial charge in [-0.15, -0.1) is 0 Å². The minimum absolute atomic E-state index is 0.000151. The number of anilines is 3. The van der Waals surface area contributed by atoms with E-state index in [1.165, 1.54) is 11.0 Å². The number of amides is 4. The molecule has 3 saturated heterocycles. The zero-order chi connectivity index (χ0) is 41.2. The van der Waals surface area contributed by atoms with Gasteiger partial charge in [0.1, 0.15) is 11.6 Å². The molecule has 306 valence electrons. The monoisotopic (exact) mass is 807 g/mol. The van der Waals surface area contributed by atoms with E-state index in [1.54, 1.807) is 26.0 Å². The van der Waals surface area contributed by atoms with E-state index in [4.69, 9.17) is 12.2 Å². The quantitative estimate of drug-likeness (QED) is 0.157. The first-order chi connectivity index (χ1) is 27.0. The number of halogens is 3. The maximum Gasteiger partial charge on any atom is 0.417 e. The summed E-state index contributed by atoms with van der Waals surface area (Å²) in [6, 6.07) is 12.1. The molecule has 4 aliphatic rings. The molecular weight excluding hydrogens is 756 g/mol. The van der Waals surface area contributed by atoms with Crippen molar-refractivity contribution in [2.75, 3.05) is 22.1 Å². The minimum atomic E-state index is -4.75. The second-order valence-corrected chi connectivity index (χ2v) is 17.1. The molecule has 2 aromatic carbocycles. The van der Waals surface area contributed by atoms with E-state index in [0.29, 0.717) is 29.6 Å². The van der Waals surface area contributed by atoms with Gasteiger partial charge in [0.15, 0.2) is 5.11 Å². The summed E-state index contributed by atoms with van der Waals surface area (Å²) in [4.78, 5) is 55.8. The molecule has 1 saturated carbocycles. The summed E-state index contributed by atoms with van der Waals surface area (Å²) >= 11 is 5.77. The fraction of sp³-hybridized carbons (Fsp3) is 0.571. The Kier molecular flexibility index (Phi) is 12.6. The van der Waals surface area contributed by atoms with Crippen LogP contribution in [-0.2, 0) is 25.4 Å². The van der Waals surface area contributed by atoms with Crippen molar-refractivity contribution in [2.45, 2.75) is 134 Å². The van der Waals surface area contributed by atoms with Crippen molar-refractivity contribution in [2.24, 2.45) is 11.8 Å². The minimum Gasteiger partial charge on any atom is -0.374 e. The average Bonchev–Trinajstić information content (AvgIpc) is 3.32. The highest BCUT2D eigenvalue weighted by Gasteiger charge is 2.52. The van der Waals surface area contributed by atoms with Gasteiger partial charge in [0.25, 0.3) is 5.91 Å². The van der Waals surface area contributed by atoms with Gasteiger partial charge in [-0.3, -0.25) is 34.3 Å². The van der Waals surface area contributed by atoms with E-state index in [-0.39, 0.29) is 65.5 Å². The third kappa shape index (κ3) is 9.44. The largest absolute Gasteiger partial charge is 0.417 e. The van der Waals surface area contributed by atoms with Gasteiger partial charge in [0.05, 0.1) is 29.4 Å². The molecule has 0 spiro atoms. The Morgan fingerprint density at radius 3 is 2.28 bits per heavy atom. The molecule has 0 aromatic heterocycles. The third-order valence-electron chi connectivity index (χ3n) is 12.4. The van der Waals surface area contributed by atoms with Crippen molar-refractivity contribution in [3.05, 3.63) is 53.6 Å². The van der Waals surface area contributed by atoms with E-state index in [2.05, 4.69) is 34.7 Å². The Balaban J connectivity index is 0.943. The highest BCUT2D eigenvalue weighted by atomic mass is 32.1. The van der Waals surface area contributed by atoms with Gasteiger partial charge in [0, 0.05) is 35.9 Å². The zero-order valence-electron chi connectivity index (χ0n) is 33.0. The van der Waals surface area contributed by atoms with Crippen LogP contribution in [0.3, 0.4) is 0 Å². The van der Waals surface area contributed by atoms with Crippen LogP contribution in [0.4, 0.5) is 30.2 Å². The molecule has 6 rings (SSSR count). The van der Waals surface area contributed by atoms with Crippen molar-refractivity contribution < 1.29 is 32.3 Å². The van der Waals surface area contributed by atoms with Crippen LogP contribution in [0.1, 0.15) is 109 Å². The predicted molar refractivity (Wildman–Crippen MR) is 215 cm³/mol. The van der Waals surface area contributed by atoms with Crippen LogP contribution in [-0.4, -0.2) is 74.8 Å². The number of hydrogen-bond donors (Lipinski definition) is 3. The van der Waals surface area contributed by atoms with E-state index < -0.39 is 28.9 Å². The zero-order valence-corrected chi connectivity index (χ0v) is 33.8. The summed E-state index contributed by atoms with van der Waals surface area (Å²) in [5.41, 5.74) is -1.27. The molecule has 3 heterocycles. The van der Waals surface area contributed by atoms with Crippen LogP contribution >= 0.6 is 12.2 Å². The molecule has 4 amide bonds. The SMILES string of the molecule is C[C@@H]1C[C@H](CCC[C@H]2CC[C@H](N3C(=S)N(c4ccc(C#N)c(C(F)(F)F)c4)C(=O)C3(C)C)CC2)C[C@H](C)N1CC(=O)Nc1cccc(N[C@H]2CCC(=O)NC2=O)c1. The highest BCUT2D eigenvalue weighted by molar-refractivity contribution is 7.80. The summed E-state index contributed by atoms with van der Waals surface area (Å²) in [5.74, 6) is 0.0247. The fourth-order valence-corrected chi connectivity index (χ4v) is 10.0. The van der Waals surface area contributed by atoms with Crippen LogP contribution in [0.25, 0.3) is 0 Å². The summed E-state index contributed by atoms with van der Waals surface area (Å²) in [7, 11) is 0. The Labute approximate surface area is 337 Å². The molecule has 57 heavy (non-hydrogen) atoms. The van der Waals surface area contributed by atoms with Gasteiger partial charge < -0.3 is 15.5 Å². The molecule has 0 bridgehead atoms. The lowest BCUT2D eigenvalue weighted by Gasteiger charge is -2.42. The number of piperidine rings is 2. The van der Waals surface area contributed by atoms with Gasteiger partial charge in [-0.1, -0.05) is 25.3 Å². The van der Waals surface area contributed by atoms with Crippen LogP contribution in [0.2, 0.25) is 0 Å². The van der Waals surface area contributed by atoms with Crippen molar-refractivity contribution in [1.29, 1.82) is 5.26 Å². The normalized spacial score (nSPS) is 26.9. The molecular formula is C42H52F3N7O4S. The Hall–Kier alpha value is -4.55. The summed E-state index contributed by atoms with van der Waals surface area (Å²) < 4.78 is 41.2. The predicted octanol–water partition coefficient (Wildman–Crippen LogP) is 7.36. The number of nitrogens with zero attached hydrogens (tertiary/aromatic N) is 4. The van der Waals surface area contributed by atoms with Crippen molar-refractivity contribution in [3.8, 4) is 6.07 Å². The first-order valence-electron chi connectivity index (χ1n) is 20.0. The number of hydrogen-bond acceptors (Lipinski definition) is 8. The standard InChI is InChI=1S/C42H52F3N7O4S/c1-25-19-28(20-26(2)50(25)24-37(54)48-31-10-6-9-30(21-31)47-35-17-18-36(53)49-38(35)55)8-5-7-27-11-14-32(15-12-27)52-40(57)51(39(56)41(52,3)4)33-16-13-29(23-46)34(22-33)42(43,44)45/h6,9-10,13,16,21-22,25-28,32,35,47H,5,7-8,11-12,14-15,17-20,24H2,1-4H3,(H,48,54)(H,49,53,55)/t25-,26+,27-,28+,32-,35-/m0/s1. The van der Waals surface area contributed by atoms with E-state index >= 15 is 0 Å². The lowest BCUT2D eigenvalue weighted by molar-refractivity contribution is -0.138. The molecule has 1 aliphatic carbocycles. The second-order valence-electron chi connectivity index (χ2n) is 16.8. The maximum atomic E-state index is 13.7. The van der Waals surface area contributed by atoms with Crippen molar-refractivity contribution in [3.63, 3.8) is 0 Å². The first-order valence-corrected chi connectivity index (χ1v) is 20.4. The Bertz CT molecular complexity index is 1910. The maximum absolute atomic E-state index is 13.7. The molecule has 0 radical (unpaired) electrons. The smallest absolute Gasteiger partial charge is 0.374 e. The van der Waals surface area contributed by atoms with Crippen LogP contribution in [0.15, 0.2) is 42.5 Å². The van der Waals surface area contributed by atoms with E-state index in [0.717, 1.165) is 69.9 Å². The van der Waals surface area contributed by atoms with Gasteiger partial charge in [0.2, 0.25) is 17.7 Å². The van der Waals surface area contributed by atoms with Gasteiger partial charge in [-0.25, -0.2) is 0 Å². The molecule has 3 N–H and O–H groups in total. The number of carbonyl (C=O) groups excluding carboxylic acids is 4. The number of thiocarbonyl (C=S) groups is 1. The van der Waals surface area contributed by atoms with E-state index in [9.17, 15) is 37.6 Å². The average molecular weight is 808 g/mol. The Morgan fingerprint density at radius 1 is 0.965 bits per heavy atom. The van der Waals surface area contributed by atoms with Gasteiger partial charge >= 0.3 is 6.18 Å². The number of alkyl halides is 3. The number of likely N-dealkylation sites (tertiary alicyclic amines) is 1. The number of carbonyl (C=O) groups is 4. The molecule has 2 aromatic rings. The molecule has 4 fully saturated rings. The topological polar surface area (TPSA) is 138 Å². The summed E-state index contributed by atoms with van der Waals surface area (Å²) in [6.07, 6.45) is 4.98. The molecule has 3 aliphatic heterocycles. The van der Waals surface area contributed by atoms with Gasteiger partial charge in [-0.2, -0.15) is 18.4 Å². The third-order valence-corrected chi connectivity index (χ3v) is 12.7.